The van der Waals surface area contributed by atoms with E-state index in [0.29, 0.717) is 0 Å². The monoisotopic (exact) mass is 464 g/mol. The molecule has 0 aliphatic rings. The molecule has 34 heavy (non-hydrogen) atoms. The first-order valence-corrected chi connectivity index (χ1v) is 13.0. The summed E-state index contributed by atoms with van der Waals surface area (Å²) in [5.74, 6) is 12.2. The molecule has 3 nitrogen and oxygen atoms in total. The van der Waals surface area contributed by atoms with Gasteiger partial charge in [-0.3, -0.25) is 0 Å². The predicted octanol–water partition coefficient (Wildman–Crippen LogP) is 7.37. The summed E-state index contributed by atoms with van der Waals surface area (Å²) in [6, 6.07) is 0. The molecule has 0 heterocycles. The molecule has 186 valence electrons. The van der Waals surface area contributed by atoms with Crippen molar-refractivity contribution < 1.29 is 15.0 Å². The van der Waals surface area contributed by atoms with E-state index in [1.54, 1.807) is 12.2 Å². The van der Waals surface area contributed by atoms with Crippen molar-refractivity contribution in [2.45, 2.75) is 115 Å². The number of aliphatic hydroxyl groups excluding tert-OH is 1. The average Bonchev–Trinajstić information content (AvgIpc) is 2.83. The first-order chi connectivity index (χ1) is 16.7. The van der Waals surface area contributed by atoms with E-state index in [0.717, 1.165) is 57.8 Å². The highest BCUT2D eigenvalue weighted by Crippen LogP contribution is 2.11. The van der Waals surface area contributed by atoms with E-state index in [-0.39, 0.29) is 0 Å². The van der Waals surface area contributed by atoms with E-state index < -0.39 is 12.1 Å². The van der Waals surface area contributed by atoms with Crippen LogP contribution in [0, 0.1) is 36.0 Å². The number of terminal acetylenes is 1. The summed E-state index contributed by atoms with van der Waals surface area (Å²) in [5.41, 5.74) is 0. The smallest absolute Gasteiger partial charge is 0.382 e. The van der Waals surface area contributed by atoms with Crippen LogP contribution in [-0.4, -0.2) is 22.3 Å². The van der Waals surface area contributed by atoms with Gasteiger partial charge in [0.2, 0.25) is 0 Å². The van der Waals surface area contributed by atoms with Gasteiger partial charge in [0, 0.05) is 18.8 Å². The zero-order chi connectivity index (χ0) is 25.0. The lowest BCUT2D eigenvalue weighted by Crippen LogP contribution is -1.95. The van der Waals surface area contributed by atoms with Crippen LogP contribution in [-0.2, 0) is 4.79 Å². The molecule has 1 atom stereocenters. The molecule has 0 saturated heterocycles. The van der Waals surface area contributed by atoms with Crippen LogP contribution in [0.4, 0.5) is 0 Å². The van der Waals surface area contributed by atoms with E-state index in [4.69, 9.17) is 11.5 Å². The minimum atomic E-state index is -1.08. The molecular formula is C31H44O3. The van der Waals surface area contributed by atoms with Crippen LogP contribution in [0.3, 0.4) is 0 Å². The number of hydrogen-bond acceptors (Lipinski definition) is 2. The first-order valence-electron chi connectivity index (χ1n) is 13.0. The van der Waals surface area contributed by atoms with Crippen molar-refractivity contribution in [2.75, 3.05) is 0 Å². The van der Waals surface area contributed by atoms with Gasteiger partial charge in [0.25, 0.3) is 0 Å². The van der Waals surface area contributed by atoms with Gasteiger partial charge in [0.05, 0.1) is 0 Å². The number of hydrogen-bond donors (Lipinski definition) is 2. The molecule has 0 aromatic carbocycles. The Morgan fingerprint density at radius 3 is 1.91 bits per heavy atom. The van der Waals surface area contributed by atoms with Gasteiger partial charge >= 0.3 is 5.97 Å². The summed E-state index contributed by atoms with van der Waals surface area (Å²) in [6.07, 6.45) is 35.9. The maximum absolute atomic E-state index is 10.2. The molecule has 0 aliphatic heterocycles. The Morgan fingerprint density at radius 2 is 1.29 bits per heavy atom. The lowest BCUT2D eigenvalue weighted by atomic mass is 10.1. The SMILES string of the molecule is C#CC(O)/C=C/CCCCCC#CC/C=C\CCCCCCCCCCC/C=C/C#CC(=O)O. The lowest BCUT2D eigenvalue weighted by Gasteiger charge is -2.01. The van der Waals surface area contributed by atoms with Crippen molar-refractivity contribution in [3.05, 3.63) is 36.5 Å². The van der Waals surface area contributed by atoms with Gasteiger partial charge in [0.1, 0.15) is 6.10 Å². The van der Waals surface area contributed by atoms with Crippen LogP contribution in [0.5, 0.6) is 0 Å². The highest BCUT2D eigenvalue weighted by molar-refractivity contribution is 5.86. The molecule has 0 aromatic heterocycles. The minimum absolute atomic E-state index is 0.748. The number of carboxylic acid groups (broad SMARTS) is 1. The summed E-state index contributed by atoms with van der Waals surface area (Å²) < 4.78 is 0. The predicted molar refractivity (Wildman–Crippen MR) is 144 cm³/mol. The standard InChI is InChI=1S/C31H44O3/c1-2-30(32)28-26-24-22-20-18-16-14-12-10-8-6-4-3-5-7-9-11-13-15-17-19-21-23-25-27-29-31(33)34/h1,6,8,23,25-26,28,30,32H,3-5,7,9-11,13,15-22,24H2,(H,33,34)/b8-6-,25-23+,28-26+. The van der Waals surface area contributed by atoms with E-state index in [2.05, 4.69) is 41.8 Å². The highest BCUT2D eigenvalue weighted by atomic mass is 16.4. The molecular weight excluding hydrogens is 420 g/mol. The maximum atomic E-state index is 10.2. The Kier molecular flexibility index (Phi) is 24.5. The third kappa shape index (κ3) is 27.4. The fraction of sp³-hybridized carbons (Fsp3) is 0.581. The number of unbranched alkanes of at least 4 members (excludes halogenated alkanes) is 14. The molecule has 0 saturated carbocycles. The lowest BCUT2D eigenvalue weighted by molar-refractivity contribution is -0.130. The molecule has 0 rings (SSSR count). The Balaban J connectivity index is 3.32. The van der Waals surface area contributed by atoms with Gasteiger partial charge in [-0.25, -0.2) is 4.79 Å². The molecule has 0 fully saturated rings. The molecule has 0 spiro atoms. The Morgan fingerprint density at radius 1 is 0.735 bits per heavy atom. The quantitative estimate of drug-likeness (QED) is 0.119. The molecule has 0 aromatic rings. The molecule has 0 radical (unpaired) electrons. The summed E-state index contributed by atoms with van der Waals surface area (Å²) in [4.78, 5) is 10.2. The third-order valence-electron chi connectivity index (χ3n) is 5.30. The number of rotatable bonds is 19. The van der Waals surface area contributed by atoms with Crippen molar-refractivity contribution in [1.82, 2.24) is 0 Å². The van der Waals surface area contributed by atoms with Gasteiger partial charge in [-0.1, -0.05) is 93.4 Å². The van der Waals surface area contributed by atoms with Crippen LogP contribution < -0.4 is 0 Å². The summed E-state index contributed by atoms with van der Waals surface area (Å²) in [6.45, 7) is 0. The topological polar surface area (TPSA) is 57.5 Å². The third-order valence-corrected chi connectivity index (χ3v) is 5.30. The van der Waals surface area contributed by atoms with Gasteiger partial charge in [-0.05, 0) is 57.1 Å². The van der Waals surface area contributed by atoms with Gasteiger partial charge in [-0.2, -0.15) is 0 Å². The van der Waals surface area contributed by atoms with E-state index in [1.807, 2.05) is 12.2 Å². The highest BCUT2D eigenvalue weighted by Gasteiger charge is 1.92. The van der Waals surface area contributed by atoms with Crippen LogP contribution in [0.2, 0.25) is 0 Å². The Hall–Kier alpha value is -2.67. The Bertz CT molecular complexity index is 744. The zero-order valence-electron chi connectivity index (χ0n) is 20.9. The molecule has 2 N–H and O–H groups in total. The van der Waals surface area contributed by atoms with E-state index in [1.165, 1.54) is 51.4 Å². The summed E-state index contributed by atoms with van der Waals surface area (Å²) in [7, 11) is 0. The minimum Gasteiger partial charge on any atom is -0.472 e. The van der Waals surface area contributed by atoms with E-state index in [9.17, 15) is 9.90 Å². The fourth-order valence-corrected chi connectivity index (χ4v) is 3.36. The molecule has 1 unspecified atom stereocenters. The zero-order valence-corrected chi connectivity index (χ0v) is 20.9. The van der Waals surface area contributed by atoms with Crippen LogP contribution in [0.25, 0.3) is 0 Å². The number of carbonyl (C=O) groups is 1. The molecule has 0 bridgehead atoms. The van der Waals surface area contributed by atoms with Crippen LogP contribution >= 0.6 is 0 Å². The first kappa shape index (κ1) is 31.3. The van der Waals surface area contributed by atoms with Gasteiger partial charge in [-0.15, -0.1) is 12.3 Å². The van der Waals surface area contributed by atoms with Crippen molar-refractivity contribution in [3.8, 4) is 36.0 Å². The average molecular weight is 465 g/mol. The van der Waals surface area contributed by atoms with Crippen LogP contribution in [0.1, 0.15) is 109 Å². The largest absolute Gasteiger partial charge is 0.472 e. The normalized spacial score (nSPS) is 11.8. The summed E-state index contributed by atoms with van der Waals surface area (Å²) in [5, 5.41) is 17.6. The van der Waals surface area contributed by atoms with Crippen molar-refractivity contribution in [1.29, 1.82) is 0 Å². The van der Waals surface area contributed by atoms with E-state index >= 15 is 0 Å². The number of carboxylic acids is 1. The van der Waals surface area contributed by atoms with Crippen molar-refractivity contribution >= 4 is 5.97 Å². The second kappa shape index (κ2) is 26.6. The summed E-state index contributed by atoms with van der Waals surface area (Å²) >= 11 is 0. The number of allylic oxidation sites excluding steroid dienone is 5. The van der Waals surface area contributed by atoms with Crippen molar-refractivity contribution in [2.24, 2.45) is 0 Å². The molecule has 0 amide bonds. The fourth-order valence-electron chi connectivity index (χ4n) is 3.36. The maximum Gasteiger partial charge on any atom is 0.382 e. The number of aliphatic carboxylic acids is 1. The van der Waals surface area contributed by atoms with Crippen LogP contribution in [0.15, 0.2) is 36.5 Å². The van der Waals surface area contributed by atoms with Gasteiger partial charge in [0.15, 0.2) is 0 Å². The number of aliphatic hydroxyl groups is 1. The molecule has 0 aliphatic carbocycles. The molecule has 3 heteroatoms. The second-order valence-electron chi connectivity index (χ2n) is 8.40. The van der Waals surface area contributed by atoms with Gasteiger partial charge < -0.3 is 10.2 Å². The Labute approximate surface area is 208 Å². The van der Waals surface area contributed by atoms with Crippen molar-refractivity contribution in [3.63, 3.8) is 0 Å². The second-order valence-corrected chi connectivity index (χ2v) is 8.40.